The highest BCUT2D eigenvalue weighted by Gasteiger charge is 2.29. The van der Waals surface area contributed by atoms with Gasteiger partial charge < -0.3 is 4.74 Å². The Bertz CT molecular complexity index is 574. The Morgan fingerprint density at radius 2 is 1.32 bits per heavy atom. The van der Waals surface area contributed by atoms with Crippen molar-refractivity contribution >= 4 is 0 Å². The van der Waals surface area contributed by atoms with Crippen molar-refractivity contribution < 1.29 is 4.74 Å². The van der Waals surface area contributed by atoms with Crippen LogP contribution in [-0.4, -0.2) is 0 Å². The third-order valence-corrected chi connectivity index (χ3v) is 3.89. The van der Waals surface area contributed by atoms with Gasteiger partial charge >= 0.3 is 0 Å². The van der Waals surface area contributed by atoms with Crippen LogP contribution in [0.3, 0.4) is 0 Å². The zero-order chi connectivity index (χ0) is 13.6. The molecular weight excluding hydrogens is 232 g/mol. The van der Waals surface area contributed by atoms with Crippen LogP contribution in [0.4, 0.5) is 0 Å². The number of hydrogen-bond donors (Lipinski definition) is 0. The third-order valence-electron chi connectivity index (χ3n) is 3.89. The molecule has 98 valence electrons. The average molecular weight is 252 g/mol. The maximum absolute atomic E-state index is 6.12. The number of fused-ring (bicyclic) bond motifs is 2. The Hall–Kier alpha value is -1.76. The summed E-state index contributed by atoms with van der Waals surface area (Å²) in [5, 5.41) is 0. The van der Waals surface area contributed by atoms with Gasteiger partial charge in [-0.25, -0.2) is 0 Å². The first-order valence-electron chi connectivity index (χ1n) is 6.95. The second-order valence-corrected chi connectivity index (χ2v) is 5.91. The Morgan fingerprint density at radius 3 is 1.74 bits per heavy atom. The van der Waals surface area contributed by atoms with E-state index in [0.717, 1.165) is 11.5 Å². The fourth-order valence-electron chi connectivity index (χ4n) is 2.98. The molecule has 0 spiro atoms. The van der Waals surface area contributed by atoms with Gasteiger partial charge in [-0.15, -0.1) is 0 Å². The quantitative estimate of drug-likeness (QED) is 0.678. The van der Waals surface area contributed by atoms with Crippen molar-refractivity contribution in [3.8, 4) is 11.5 Å². The van der Waals surface area contributed by atoms with Gasteiger partial charge in [0.25, 0.3) is 0 Å². The van der Waals surface area contributed by atoms with Crippen LogP contribution in [-0.2, 0) is 0 Å². The highest BCUT2D eigenvalue weighted by molar-refractivity contribution is 5.55. The summed E-state index contributed by atoms with van der Waals surface area (Å²) in [6.07, 6.45) is 0. The number of ether oxygens (including phenoxy) is 1. The van der Waals surface area contributed by atoms with Crippen molar-refractivity contribution in [1.29, 1.82) is 0 Å². The van der Waals surface area contributed by atoms with Crippen LogP contribution in [0.1, 0.15) is 42.0 Å². The molecule has 0 aliphatic carbocycles. The molecule has 0 atom stereocenters. The van der Waals surface area contributed by atoms with Gasteiger partial charge in [0.15, 0.2) is 0 Å². The van der Waals surface area contributed by atoms with Crippen molar-refractivity contribution in [1.82, 2.24) is 0 Å². The Morgan fingerprint density at radius 1 is 0.842 bits per heavy atom. The van der Waals surface area contributed by atoms with E-state index in [1.807, 2.05) is 0 Å². The molecule has 1 aliphatic heterocycles. The van der Waals surface area contributed by atoms with Crippen LogP contribution in [0.2, 0.25) is 0 Å². The fourth-order valence-corrected chi connectivity index (χ4v) is 2.98. The van der Waals surface area contributed by atoms with Crippen molar-refractivity contribution in [3.63, 3.8) is 0 Å². The minimum absolute atomic E-state index is 0.431. The Balaban J connectivity index is 2.20. The van der Waals surface area contributed by atoms with E-state index in [2.05, 4.69) is 64.1 Å². The minimum atomic E-state index is 0.431. The molecule has 0 radical (unpaired) electrons. The van der Waals surface area contributed by atoms with E-state index in [0.29, 0.717) is 11.8 Å². The van der Waals surface area contributed by atoms with Crippen molar-refractivity contribution in [2.45, 2.75) is 33.6 Å². The van der Waals surface area contributed by atoms with E-state index < -0.39 is 0 Å². The van der Waals surface area contributed by atoms with E-state index in [9.17, 15) is 0 Å². The lowest BCUT2D eigenvalue weighted by Gasteiger charge is -2.31. The lowest BCUT2D eigenvalue weighted by molar-refractivity contribution is 0.419. The molecule has 0 unspecified atom stereocenters. The molecule has 0 N–H and O–H groups in total. The van der Waals surface area contributed by atoms with E-state index in [4.69, 9.17) is 4.74 Å². The molecule has 0 bridgehead atoms. The zero-order valence-electron chi connectivity index (χ0n) is 12.0. The van der Waals surface area contributed by atoms with Crippen LogP contribution in [0.25, 0.3) is 0 Å². The van der Waals surface area contributed by atoms with Crippen molar-refractivity contribution in [3.05, 3.63) is 58.7 Å². The molecule has 0 aromatic heterocycles. The first-order chi connectivity index (χ1) is 9.06. The molecule has 3 rings (SSSR count). The van der Waals surface area contributed by atoms with Gasteiger partial charge in [0.05, 0.1) is 0 Å². The van der Waals surface area contributed by atoms with Crippen LogP contribution in [0.5, 0.6) is 11.5 Å². The molecule has 1 nitrogen and oxygen atoms in total. The number of benzene rings is 2. The molecule has 2 aromatic rings. The van der Waals surface area contributed by atoms with Crippen molar-refractivity contribution in [2.24, 2.45) is 5.92 Å². The second kappa shape index (κ2) is 4.41. The normalized spacial score (nSPS) is 13.9. The molecule has 0 saturated heterocycles. The van der Waals surface area contributed by atoms with Gasteiger partial charge in [-0.2, -0.15) is 0 Å². The lowest BCUT2D eigenvalue weighted by Crippen LogP contribution is -2.15. The molecule has 0 amide bonds. The summed E-state index contributed by atoms with van der Waals surface area (Å²) >= 11 is 0. The average Bonchev–Trinajstić information content (AvgIpc) is 2.35. The standard InChI is InChI=1S/C18H20O/c1-11(2)18-14-7-5-12(3)9-16(14)19-17-10-13(4)6-8-15(17)18/h5-11,18H,1-4H3. The van der Waals surface area contributed by atoms with Crippen LogP contribution >= 0.6 is 0 Å². The summed E-state index contributed by atoms with van der Waals surface area (Å²) in [6, 6.07) is 13.1. The molecule has 19 heavy (non-hydrogen) atoms. The third kappa shape index (κ3) is 2.03. The summed E-state index contributed by atoms with van der Waals surface area (Å²) in [5.41, 5.74) is 5.13. The molecule has 1 heterocycles. The van der Waals surface area contributed by atoms with Crippen molar-refractivity contribution in [2.75, 3.05) is 0 Å². The summed E-state index contributed by atoms with van der Waals surface area (Å²) in [7, 11) is 0. The molecule has 0 saturated carbocycles. The predicted molar refractivity (Wildman–Crippen MR) is 79.1 cm³/mol. The fraction of sp³-hybridized carbons (Fsp3) is 0.333. The zero-order valence-corrected chi connectivity index (χ0v) is 12.0. The topological polar surface area (TPSA) is 9.23 Å². The monoisotopic (exact) mass is 252 g/mol. The SMILES string of the molecule is Cc1ccc2c(c1)Oc1cc(C)ccc1C2C(C)C. The van der Waals surface area contributed by atoms with Gasteiger partial charge in [0, 0.05) is 17.0 Å². The van der Waals surface area contributed by atoms with Gasteiger partial charge in [0.1, 0.15) is 11.5 Å². The number of hydrogen-bond acceptors (Lipinski definition) is 1. The maximum Gasteiger partial charge on any atom is 0.131 e. The molecule has 1 aliphatic rings. The number of rotatable bonds is 1. The largest absolute Gasteiger partial charge is 0.457 e. The minimum Gasteiger partial charge on any atom is -0.457 e. The summed E-state index contributed by atoms with van der Waals surface area (Å²) in [4.78, 5) is 0. The summed E-state index contributed by atoms with van der Waals surface area (Å²) < 4.78 is 6.12. The predicted octanol–water partition coefficient (Wildman–Crippen LogP) is 5.20. The van der Waals surface area contributed by atoms with Crippen LogP contribution in [0, 0.1) is 19.8 Å². The smallest absolute Gasteiger partial charge is 0.131 e. The van der Waals surface area contributed by atoms with E-state index in [-0.39, 0.29) is 0 Å². The molecule has 2 aromatic carbocycles. The Labute approximate surface area is 115 Å². The van der Waals surface area contributed by atoms with Crippen LogP contribution in [0.15, 0.2) is 36.4 Å². The number of aryl methyl sites for hydroxylation is 2. The Kier molecular flexibility index (Phi) is 2.85. The highest BCUT2D eigenvalue weighted by Crippen LogP contribution is 2.47. The first-order valence-corrected chi connectivity index (χ1v) is 6.95. The summed E-state index contributed by atoms with van der Waals surface area (Å²) in [6.45, 7) is 8.78. The van der Waals surface area contributed by atoms with Gasteiger partial charge in [-0.1, -0.05) is 38.1 Å². The van der Waals surface area contributed by atoms with Gasteiger partial charge in [0.2, 0.25) is 0 Å². The summed E-state index contributed by atoms with van der Waals surface area (Å²) in [5.74, 6) is 3.04. The van der Waals surface area contributed by atoms with Crippen LogP contribution < -0.4 is 4.74 Å². The molecule has 1 heteroatoms. The lowest BCUT2D eigenvalue weighted by atomic mass is 9.80. The van der Waals surface area contributed by atoms with E-state index >= 15 is 0 Å². The highest BCUT2D eigenvalue weighted by atomic mass is 16.5. The van der Waals surface area contributed by atoms with Gasteiger partial charge in [-0.3, -0.25) is 0 Å². The molecule has 0 fully saturated rings. The second-order valence-electron chi connectivity index (χ2n) is 5.91. The molecular formula is C18H20O. The van der Waals surface area contributed by atoms with E-state index in [1.165, 1.54) is 22.3 Å². The van der Waals surface area contributed by atoms with Gasteiger partial charge in [-0.05, 0) is 43.0 Å². The first kappa shape index (κ1) is 12.3. The maximum atomic E-state index is 6.12. The van der Waals surface area contributed by atoms with E-state index in [1.54, 1.807) is 0 Å².